The van der Waals surface area contributed by atoms with Gasteiger partial charge in [0.1, 0.15) is 0 Å². The zero-order valence-corrected chi connectivity index (χ0v) is 14.1. The summed E-state index contributed by atoms with van der Waals surface area (Å²) in [5, 5.41) is 0. The summed E-state index contributed by atoms with van der Waals surface area (Å²) in [6.07, 6.45) is 3.38. The van der Waals surface area contributed by atoms with E-state index < -0.39 is 0 Å². The van der Waals surface area contributed by atoms with Gasteiger partial charge in [0.2, 0.25) is 0 Å². The number of hydrogen-bond donors (Lipinski definition) is 0. The molecule has 0 radical (unpaired) electrons. The molecule has 1 aliphatic carbocycles. The van der Waals surface area contributed by atoms with Gasteiger partial charge in [-0.05, 0) is 79.6 Å². The van der Waals surface area contributed by atoms with Gasteiger partial charge in [-0.15, -0.1) is 0 Å². The van der Waals surface area contributed by atoms with Crippen LogP contribution in [0.5, 0.6) is 0 Å². The molecule has 1 heteroatoms. The molecule has 0 spiro atoms. The van der Waals surface area contributed by atoms with Gasteiger partial charge in [0.15, 0.2) is 0 Å². The molecule has 0 bridgehead atoms. The number of aryl methyl sites for hydroxylation is 3. The van der Waals surface area contributed by atoms with Crippen LogP contribution in [0.3, 0.4) is 0 Å². The second-order valence-corrected chi connectivity index (χ2v) is 6.82. The normalized spacial score (nSPS) is 13.3. The second-order valence-electron chi connectivity index (χ2n) is 5.97. The Kier molecular flexibility index (Phi) is 3.33. The van der Waals surface area contributed by atoms with Crippen molar-refractivity contribution in [2.75, 3.05) is 0 Å². The summed E-state index contributed by atoms with van der Waals surface area (Å²) in [5.41, 5.74) is 11.0. The molecule has 2 aromatic carbocycles. The Balaban J connectivity index is 2.22. The monoisotopic (exact) mass is 326 g/mol. The predicted molar refractivity (Wildman–Crippen MR) is 91.1 cm³/mol. The molecule has 0 fully saturated rings. The maximum atomic E-state index is 3.75. The van der Waals surface area contributed by atoms with Gasteiger partial charge >= 0.3 is 0 Å². The van der Waals surface area contributed by atoms with Gasteiger partial charge in [0.05, 0.1) is 0 Å². The van der Waals surface area contributed by atoms with Gasteiger partial charge in [-0.3, -0.25) is 0 Å². The standard InChI is InChI=1S/C19H19Br/c1-11-5-13(3)19(14(4)6-11)16-9-15-7-12(2)8-17(15)18(20)10-16/h5-7,9-10H,8H2,1-4H3. The van der Waals surface area contributed by atoms with Crippen molar-refractivity contribution in [1.82, 2.24) is 0 Å². The number of benzene rings is 2. The van der Waals surface area contributed by atoms with Gasteiger partial charge < -0.3 is 0 Å². The smallest absolute Gasteiger partial charge is 0.0222 e. The topological polar surface area (TPSA) is 0 Å². The molecule has 2 aromatic rings. The molecule has 3 rings (SSSR count). The molecule has 0 N–H and O–H groups in total. The molecule has 0 saturated heterocycles. The van der Waals surface area contributed by atoms with E-state index in [-0.39, 0.29) is 0 Å². The van der Waals surface area contributed by atoms with Crippen LogP contribution in [0.2, 0.25) is 0 Å². The van der Waals surface area contributed by atoms with Crippen molar-refractivity contribution in [1.29, 1.82) is 0 Å². The molecule has 0 atom stereocenters. The lowest BCUT2D eigenvalue weighted by molar-refractivity contribution is 1.18. The average molecular weight is 327 g/mol. The highest BCUT2D eigenvalue weighted by molar-refractivity contribution is 9.10. The van der Waals surface area contributed by atoms with Crippen LogP contribution >= 0.6 is 15.9 Å². The lowest BCUT2D eigenvalue weighted by atomic mass is 9.92. The molecule has 0 heterocycles. The molecule has 0 saturated carbocycles. The van der Waals surface area contributed by atoms with E-state index >= 15 is 0 Å². The van der Waals surface area contributed by atoms with Crippen LogP contribution in [0.4, 0.5) is 0 Å². The molecule has 1 aliphatic rings. The molecule has 102 valence electrons. The maximum absolute atomic E-state index is 3.75. The summed E-state index contributed by atoms with van der Waals surface area (Å²) >= 11 is 3.75. The van der Waals surface area contributed by atoms with Crippen LogP contribution in [0, 0.1) is 20.8 Å². The Hall–Kier alpha value is -1.34. The zero-order chi connectivity index (χ0) is 14.4. The quantitative estimate of drug-likeness (QED) is 0.602. The Bertz CT molecular complexity index is 713. The SMILES string of the molecule is CC1=Cc2cc(-c3c(C)cc(C)cc3C)cc(Br)c2C1. The van der Waals surface area contributed by atoms with E-state index in [9.17, 15) is 0 Å². The van der Waals surface area contributed by atoms with Crippen molar-refractivity contribution >= 4 is 22.0 Å². The molecule has 0 unspecified atom stereocenters. The Morgan fingerprint density at radius 2 is 1.55 bits per heavy atom. The minimum Gasteiger partial charge on any atom is -0.0683 e. The highest BCUT2D eigenvalue weighted by Gasteiger charge is 2.16. The number of allylic oxidation sites excluding steroid dienone is 1. The van der Waals surface area contributed by atoms with Gasteiger partial charge in [0.25, 0.3) is 0 Å². The van der Waals surface area contributed by atoms with Crippen LogP contribution in [0.25, 0.3) is 17.2 Å². The van der Waals surface area contributed by atoms with E-state index in [1.165, 1.54) is 49.0 Å². The Labute approximate surface area is 129 Å². The summed E-state index contributed by atoms with van der Waals surface area (Å²) in [6, 6.07) is 9.15. The minimum absolute atomic E-state index is 1.07. The molecule has 0 aromatic heterocycles. The van der Waals surface area contributed by atoms with Gasteiger partial charge in [-0.2, -0.15) is 0 Å². The number of fused-ring (bicyclic) bond motifs is 1. The summed E-state index contributed by atoms with van der Waals surface area (Å²) in [4.78, 5) is 0. The number of hydrogen-bond acceptors (Lipinski definition) is 0. The number of halogens is 1. The van der Waals surface area contributed by atoms with Crippen LogP contribution < -0.4 is 0 Å². The van der Waals surface area contributed by atoms with Crippen LogP contribution in [0.15, 0.2) is 34.3 Å². The Morgan fingerprint density at radius 1 is 0.900 bits per heavy atom. The first-order valence-electron chi connectivity index (χ1n) is 7.03. The first-order valence-corrected chi connectivity index (χ1v) is 7.83. The fourth-order valence-corrected chi connectivity index (χ4v) is 3.96. The fourth-order valence-electron chi connectivity index (χ4n) is 3.35. The summed E-state index contributed by atoms with van der Waals surface area (Å²) < 4.78 is 1.23. The second kappa shape index (κ2) is 4.89. The molecular weight excluding hydrogens is 308 g/mol. The van der Waals surface area contributed by atoms with Crippen molar-refractivity contribution in [2.24, 2.45) is 0 Å². The first kappa shape index (κ1) is 13.6. The van der Waals surface area contributed by atoms with Gasteiger partial charge in [-0.1, -0.05) is 45.3 Å². The fraction of sp³-hybridized carbons (Fsp3) is 0.263. The van der Waals surface area contributed by atoms with E-state index in [0.29, 0.717) is 0 Å². The Morgan fingerprint density at radius 3 is 2.20 bits per heavy atom. The molecule has 0 aliphatic heterocycles. The lowest BCUT2D eigenvalue weighted by Crippen LogP contribution is -1.93. The third kappa shape index (κ3) is 2.25. The highest BCUT2D eigenvalue weighted by atomic mass is 79.9. The highest BCUT2D eigenvalue weighted by Crippen LogP contribution is 2.37. The summed E-state index contributed by atoms with van der Waals surface area (Å²) in [5.74, 6) is 0. The van der Waals surface area contributed by atoms with E-state index in [0.717, 1.165) is 6.42 Å². The lowest BCUT2D eigenvalue weighted by Gasteiger charge is -2.14. The predicted octanol–water partition coefficient (Wildman–Crippen LogP) is 6.00. The molecule has 0 nitrogen and oxygen atoms in total. The van der Waals surface area contributed by atoms with E-state index in [2.05, 4.69) is 74.0 Å². The minimum atomic E-state index is 1.07. The van der Waals surface area contributed by atoms with Crippen molar-refractivity contribution in [3.8, 4) is 11.1 Å². The van der Waals surface area contributed by atoms with Crippen LogP contribution in [-0.4, -0.2) is 0 Å². The van der Waals surface area contributed by atoms with Crippen LogP contribution in [0.1, 0.15) is 34.7 Å². The molecule has 0 amide bonds. The van der Waals surface area contributed by atoms with Crippen molar-refractivity contribution in [3.63, 3.8) is 0 Å². The van der Waals surface area contributed by atoms with Crippen LogP contribution in [-0.2, 0) is 6.42 Å². The zero-order valence-electron chi connectivity index (χ0n) is 12.5. The van der Waals surface area contributed by atoms with Crippen molar-refractivity contribution in [2.45, 2.75) is 34.1 Å². The molecular formula is C19H19Br. The molecule has 20 heavy (non-hydrogen) atoms. The third-order valence-electron chi connectivity index (χ3n) is 4.05. The number of rotatable bonds is 1. The first-order chi connectivity index (χ1) is 9.45. The van der Waals surface area contributed by atoms with Gasteiger partial charge in [-0.25, -0.2) is 0 Å². The largest absolute Gasteiger partial charge is 0.0683 e. The summed E-state index contributed by atoms with van der Waals surface area (Å²) in [7, 11) is 0. The van der Waals surface area contributed by atoms with E-state index in [4.69, 9.17) is 0 Å². The third-order valence-corrected chi connectivity index (χ3v) is 4.76. The van der Waals surface area contributed by atoms with Crippen molar-refractivity contribution < 1.29 is 0 Å². The van der Waals surface area contributed by atoms with Gasteiger partial charge in [0, 0.05) is 4.47 Å². The summed E-state index contributed by atoms with van der Waals surface area (Å²) in [6.45, 7) is 8.78. The average Bonchev–Trinajstić information content (AvgIpc) is 2.69. The van der Waals surface area contributed by atoms with Crippen molar-refractivity contribution in [3.05, 3.63) is 62.1 Å². The van der Waals surface area contributed by atoms with E-state index in [1.807, 2.05) is 0 Å². The maximum Gasteiger partial charge on any atom is 0.0222 e. The van der Waals surface area contributed by atoms with E-state index in [1.54, 1.807) is 0 Å².